The van der Waals surface area contributed by atoms with Crippen LogP contribution in [0.5, 0.6) is 0 Å². The molecule has 3 fully saturated rings. The Morgan fingerprint density at radius 1 is 0.586 bits per heavy atom. The predicted octanol–water partition coefficient (Wildman–Crippen LogP) is -5.00. The van der Waals surface area contributed by atoms with Crippen molar-refractivity contribution < 1.29 is 64.2 Å². The molecule has 0 radical (unpaired) electrons. The van der Waals surface area contributed by atoms with E-state index in [-0.39, 0.29) is 19.8 Å². The highest BCUT2D eigenvalue weighted by Gasteiger charge is 2.48. The highest BCUT2D eigenvalue weighted by molar-refractivity contribution is 4.90. The molecule has 0 unspecified atom stereocenters. The topological polar surface area (TPSA) is 197 Å². The van der Waals surface area contributed by atoms with E-state index in [0.717, 1.165) is 0 Å². The van der Waals surface area contributed by atoms with E-state index in [1.165, 1.54) is 7.11 Å². The van der Waals surface area contributed by atoms with Crippen LogP contribution in [-0.4, -0.2) is 136 Å². The van der Waals surface area contributed by atoms with E-state index in [4.69, 9.17) is 28.4 Å². The van der Waals surface area contributed by atoms with Crippen LogP contribution in [0.1, 0.15) is 0 Å². The van der Waals surface area contributed by atoms with Crippen LogP contribution in [0.15, 0.2) is 0 Å². The summed E-state index contributed by atoms with van der Waals surface area (Å²) >= 11 is 0. The number of aliphatic hydroxyl groups is 7. The van der Waals surface area contributed by atoms with Gasteiger partial charge in [-0.15, -0.1) is 0 Å². The van der Waals surface area contributed by atoms with Crippen molar-refractivity contribution in [3.8, 4) is 0 Å². The van der Waals surface area contributed by atoms with Gasteiger partial charge in [0.05, 0.1) is 19.8 Å². The maximum atomic E-state index is 10.3. The van der Waals surface area contributed by atoms with Crippen LogP contribution in [-0.2, 0) is 28.4 Å². The van der Waals surface area contributed by atoms with Gasteiger partial charge in [-0.25, -0.2) is 0 Å². The molecule has 7 N–H and O–H groups in total. The van der Waals surface area contributed by atoms with Crippen LogP contribution in [0.25, 0.3) is 0 Å². The Bertz CT molecular complexity index is 523. The molecule has 12 atom stereocenters. The first kappa shape index (κ1) is 23.1. The normalized spacial score (nSPS) is 51.7. The second-order valence-corrected chi connectivity index (χ2v) is 7.20. The molecule has 3 saturated heterocycles. The molecule has 0 aromatic carbocycles. The molecular formula is C16H28O13. The third kappa shape index (κ3) is 4.88. The molecule has 3 aliphatic heterocycles. The van der Waals surface area contributed by atoms with Gasteiger partial charge < -0.3 is 64.2 Å². The summed E-state index contributed by atoms with van der Waals surface area (Å²) in [5, 5.41) is 69.9. The van der Waals surface area contributed by atoms with E-state index >= 15 is 0 Å². The quantitative estimate of drug-likeness (QED) is 0.220. The number of rotatable bonds is 5. The summed E-state index contributed by atoms with van der Waals surface area (Å²) in [7, 11) is 1.30. The van der Waals surface area contributed by atoms with Crippen LogP contribution in [0.3, 0.4) is 0 Å². The van der Waals surface area contributed by atoms with Crippen LogP contribution < -0.4 is 0 Å². The Kier molecular flexibility index (Phi) is 7.77. The molecule has 3 heterocycles. The molecule has 0 aromatic heterocycles. The molecule has 0 spiro atoms. The fourth-order valence-electron chi connectivity index (χ4n) is 3.38. The van der Waals surface area contributed by atoms with Gasteiger partial charge in [-0.1, -0.05) is 0 Å². The third-order valence-electron chi connectivity index (χ3n) is 5.15. The molecule has 0 saturated carbocycles. The molecule has 3 aliphatic rings. The number of methoxy groups -OCH3 is 1. The number of ether oxygens (including phenoxy) is 6. The van der Waals surface area contributed by atoms with Gasteiger partial charge in [0.25, 0.3) is 0 Å². The summed E-state index contributed by atoms with van der Waals surface area (Å²) in [6.45, 7) is -0.763. The molecule has 13 nitrogen and oxygen atoms in total. The number of aliphatic hydroxyl groups excluding tert-OH is 7. The van der Waals surface area contributed by atoms with Gasteiger partial charge >= 0.3 is 0 Å². The van der Waals surface area contributed by atoms with Crippen LogP contribution in [0, 0.1) is 0 Å². The van der Waals surface area contributed by atoms with Crippen molar-refractivity contribution in [1.29, 1.82) is 0 Å². The summed E-state index contributed by atoms with van der Waals surface area (Å²) < 4.78 is 31.3. The monoisotopic (exact) mass is 428 g/mol. The molecule has 29 heavy (non-hydrogen) atoms. The number of hydrogen-bond acceptors (Lipinski definition) is 13. The maximum absolute atomic E-state index is 10.3. The minimum atomic E-state index is -1.63. The lowest BCUT2D eigenvalue weighted by Gasteiger charge is -2.44. The van der Waals surface area contributed by atoms with Crippen molar-refractivity contribution in [1.82, 2.24) is 0 Å². The van der Waals surface area contributed by atoms with Crippen molar-refractivity contribution in [2.24, 2.45) is 0 Å². The van der Waals surface area contributed by atoms with Crippen molar-refractivity contribution in [2.75, 3.05) is 26.9 Å². The van der Waals surface area contributed by atoms with Crippen LogP contribution in [0.2, 0.25) is 0 Å². The Morgan fingerprint density at radius 3 is 1.83 bits per heavy atom. The summed E-state index contributed by atoms with van der Waals surface area (Å²) in [5.74, 6) is 0. The van der Waals surface area contributed by atoms with E-state index in [1.54, 1.807) is 0 Å². The zero-order chi connectivity index (χ0) is 21.3. The second-order valence-electron chi connectivity index (χ2n) is 7.20. The van der Waals surface area contributed by atoms with Crippen LogP contribution >= 0.6 is 0 Å². The van der Waals surface area contributed by atoms with Crippen molar-refractivity contribution >= 4 is 0 Å². The SMILES string of the molecule is CO[C@@H]1OC[C@@H](O)[C@@H](O[C@@H]2OC[C@@H](O[C@@H]3OC[C@@H](O)[C@@H](O)[C@@H]3O)[C@@H](O)[C@@H]2O)[C@@H]1O. The van der Waals surface area contributed by atoms with Gasteiger partial charge in [0, 0.05) is 7.11 Å². The van der Waals surface area contributed by atoms with Gasteiger partial charge in [0.2, 0.25) is 0 Å². The molecule has 3 rings (SSSR count). The first-order valence-corrected chi connectivity index (χ1v) is 9.19. The standard InChI is InChI=1S/C16H28O13/c1-24-14-12(23)13(6(18)3-25-14)29-16-11(22)9(20)7(4-27-16)28-15-10(21)8(19)5(17)2-26-15/h5-23H,2-4H2,1H3/t5-,6-,7-,8-,9-,10+,11+,12+,13-,14-,15+,16+/m1/s1. The van der Waals surface area contributed by atoms with E-state index in [2.05, 4.69) is 0 Å². The van der Waals surface area contributed by atoms with E-state index in [0.29, 0.717) is 0 Å². The predicted molar refractivity (Wildman–Crippen MR) is 88.0 cm³/mol. The van der Waals surface area contributed by atoms with Gasteiger partial charge in [-0.3, -0.25) is 0 Å². The highest BCUT2D eigenvalue weighted by Crippen LogP contribution is 2.27. The second kappa shape index (κ2) is 9.74. The largest absolute Gasteiger partial charge is 0.388 e. The van der Waals surface area contributed by atoms with Gasteiger partial charge in [-0.2, -0.15) is 0 Å². The highest BCUT2D eigenvalue weighted by atomic mass is 16.7. The van der Waals surface area contributed by atoms with Gasteiger partial charge in [0.1, 0.15) is 54.9 Å². The fraction of sp³-hybridized carbons (Fsp3) is 1.00. The Balaban J connectivity index is 1.57. The lowest BCUT2D eigenvalue weighted by molar-refractivity contribution is -0.351. The first-order chi connectivity index (χ1) is 13.7. The Hall–Kier alpha value is -0.520. The minimum absolute atomic E-state index is 0.178. The third-order valence-corrected chi connectivity index (χ3v) is 5.15. The summed E-state index contributed by atoms with van der Waals surface area (Å²) in [6, 6.07) is 0. The van der Waals surface area contributed by atoms with Gasteiger partial charge in [-0.05, 0) is 0 Å². The zero-order valence-corrected chi connectivity index (χ0v) is 15.6. The van der Waals surface area contributed by atoms with E-state index < -0.39 is 73.8 Å². The molecule has 13 heteroatoms. The molecule has 0 amide bonds. The number of hydrogen-bond donors (Lipinski definition) is 7. The summed E-state index contributed by atoms with van der Waals surface area (Å²) in [4.78, 5) is 0. The molecule has 0 aromatic rings. The lowest BCUT2D eigenvalue weighted by Crippen LogP contribution is -2.62. The smallest absolute Gasteiger partial charge is 0.186 e. The molecule has 170 valence electrons. The van der Waals surface area contributed by atoms with E-state index in [1.807, 2.05) is 0 Å². The van der Waals surface area contributed by atoms with Crippen molar-refractivity contribution in [3.05, 3.63) is 0 Å². The Labute approximate surface area is 165 Å². The summed E-state index contributed by atoms with van der Waals surface area (Å²) in [6.07, 6.45) is -16.3. The molecule has 0 aliphatic carbocycles. The minimum Gasteiger partial charge on any atom is -0.388 e. The van der Waals surface area contributed by atoms with Crippen molar-refractivity contribution in [3.63, 3.8) is 0 Å². The van der Waals surface area contributed by atoms with Gasteiger partial charge in [0.15, 0.2) is 18.9 Å². The van der Waals surface area contributed by atoms with Crippen molar-refractivity contribution in [2.45, 2.75) is 73.8 Å². The first-order valence-electron chi connectivity index (χ1n) is 9.19. The fourth-order valence-corrected chi connectivity index (χ4v) is 3.38. The van der Waals surface area contributed by atoms with Crippen LogP contribution in [0.4, 0.5) is 0 Å². The average Bonchev–Trinajstić information content (AvgIpc) is 2.70. The zero-order valence-electron chi connectivity index (χ0n) is 15.6. The lowest BCUT2D eigenvalue weighted by atomic mass is 10.0. The molecule has 0 bridgehead atoms. The molecular weight excluding hydrogens is 400 g/mol. The summed E-state index contributed by atoms with van der Waals surface area (Å²) in [5.41, 5.74) is 0. The average molecular weight is 428 g/mol. The Morgan fingerprint density at radius 2 is 1.14 bits per heavy atom. The maximum Gasteiger partial charge on any atom is 0.186 e. The van der Waals surface area contributed by atoms with E-state index in [9.17, 15) is 35.7 Å².